The Morgan fingerprint density at radius 2 is 2.21 bits per heavy atom. The van der Waals surface area contributed by atoms with Crippen molar-refractivity contribution in [2.45, 2.75) is 5.75 Å². The zero-order valence-corrected chi connectivity index (χ0v) is 15.6. The molecule has 0 saturated heterocycles. The van der Waals surface area contributed by atoms with Crippen molar-refractivity contribution in [2.24, 2.45) is 4.99 Å². The SMILES string of the molecule is CN=C(NCCSCc1ncccc1Br)SC.Cl.Cl. The lowest BCUT2D eigenvalue weighted by Gasteiger charge is -2.06. The predicted octanol–water partition coefficient (Wildman–Crippen LogP) is 3.86. The molecule has 0 unspecified atom stereocenters. The quantitative estimate of drug-likeness (QED) is 0.457. The molecule has 19 heavy (non-hydrogen) atoms. The van der Waals surface area contributed by atoms with Crippen molar-refractivity contribution < 1.29 is 0 Å². The molecule has 1 heterocycles. The number of hydrogen-bond donors (Lipinski definition) is 1. The topological polar surface area (TPSA) is 37.3 Å². The van der Waals surface area contributed by atoms with Gasteiger partial charge in [0.1, 0.15) is 0 Å². The maximum atomic E-state index is 4.33. The molecule has 0 aromatic carbocycles. The summed E-state index contributed by atoms with van der Waals surface area (Å²) >= 11 is 7.00. The van der Waals surface area contributed by atoms with Gasteiger partial charge in [0.05, 0.1) is 5.69 Å². The maximum absolute atomic E-state index is 4.33. The smallest absolute Gasteiger partial charge is 0.156 e. The maximum Gasteiger partial charge on any atom is 0.156 e. The number of nitrogens with zero attached hydrogens (tertiary/aromatic N) is 2. The van der Waals surface area contributed by atoms with Crippen LogP contribution in [-0.2, 0) is 5.75 Å². The van der Waals surface area contributed by atoms with Crippen molar-refractivity contribution in [2.75, 3.05) is 25.6 Å². The molecule has 0 aliphatic heterocycles. The Morgan fingerprint density at radius 1 is 1.47 bits per heavy atom. The zero-order chi connectivity index (χ0) is 12.5. The van der Waals surface area contributed by atoms with E-state index in [9.17, 15) is 0 Å². The van der Waals surface area contributed by atoms with Crippen LogP contribution in [0.25, 0.3) is 0 Å². The number of aliphatic imine (C=N–C) groups is 1. The van der Waals surface area contributed by atoms with Crippen molar-refractivity contribution in [1.82, 2.24) is 10.3 Å². The number of amidine groups is 1. The summed E-state index contributed by atoms with van der Waals surface area (Å²) in [5, 5.41) is 4.27. The first-order chi connectivity index (χ1) is 8.27. The average molecular weight is 407 g/mol. The van der Waals surface area contributed by atoms with E-state index in [1.807, 2.05) is 36.3 Å². The lowest BCUT2D eigenvalue weighted by Crippen LogP contribution is -2.22. The van der Waals surface area contributed by atoms with Crippen molar-refractivity contribution >= 4 is 69.4 Å². The van der Waals surface area contributed by atoms with Gasteiger partial charge in [-0.1, -0.05) is 11.8 Å². The van der Waals surface area contributed by atoms with E-state index in [1.54, 1.807) is 18.8 Å². The van der Waals surface area contributed by atoms with Crippen molar-refractivity contribution in [3.8, 4) is 0 Å². The van der Waals surface area contributed by atoms with Gasteiger partial charge in [-0.15, -0.1) is 24.8 Å². The van der Waals surface area contributed by atoms with Crippen LogP contribution in [0.1, 0.15) is 5.69 Å². The molecule has 0 fully saturated rings. The molecule has 110 valence electrons. The van der Waals surface area contributed by atoms with Gasteiger partial charge in [-0.05, 0) is 34.3 Å². The molecule has 1 aromatic rings. The molecular formula is C11H18BrCl2N3S2. The number of rotatable bonds is 5. The summed E-state index contributed by atoms with van der Waals surface area (Å²) in [5.41, 5.74) is 1.10. The number of hydrogen-bond acceptors (Lipinski definition) is 4. The van der Waals surface area contributed by atoms with E-state index in [0.29, 0.717) is 0 Å². The van der Waals surface area contributed by atoms with Crippen LogP contribution in [0.15, 0.2) is 27.8 Å². The Morgan fingerprint density at radius 3 is 2.79 bits per heavy atom. The Labute approximate surface area is 144 Å². The molecule has 0 bridgehead atoms. The second kappa shape index (κ2) is 13.4. The number of pyridine rings is 1. The Kier molecular flexibility index (Phi) is 15.2. The van der Waals surface area contributed by atoms with Gasteiger partial charge in [0.25, 0.3) is 0 Å². The molecule has 0 radical (unpaired) electrons. The van der Waals surface area contributed by atoms with Crippen LogP contribution in [0.4, 0.5) is 0 Å². The van der Waals surface area contributed by atoms with Crippen LogP contribution < -0.4 is 5.32 Å². The van der Waals surface area contributed by atoms with Gasteiger partial charge in [-0.3, -0.25) is 9.98 Å². The van der Waals surface area contributed by atoms with E-state index < -0.39 is 0 Å². The number of nitrogens with one attached hydrogen (secondary N) is 1. The highest BCUT2D eigenvalue weighted by Crippen LogP contribution is 2.18. The average Bonchev–Trinajstić information content (AvgIpc) is 2.36. The molecular weight excluding hydrogens is 389 g/mol. The van der Waals surface area contributed by atoms with E-state index in [-0.39, 0.29) is 24.8 Å². The minimum atomic E-state index is 0. The highest BCUT2D eigenvalue weighted by molar-refractivity contribution is 9.10. The standard InChI is InChI=1S/C11H16BrN3S2.2ClH/c1-13-11(16-2)15-6-7-17-8-10-9(12)4-3-5-14-10;;/h3-5H,6-8H2,1-2H3,(H,13,15);2*1H. The van der Waals surface area contributed by atoms with Crippen LogP contribution in [0.5, 0.6) is 0 Å². The minimum Gasteiger partial charge on any atom is -0.364 e. The monoisotopic (exact) mass is 405 g/mol. The second-order valence-corrected chi connectivity index (χ2v) is 5.90. The first-order valence-corrected chi connectivity index (χ1v) is 8.37. The summed E-state index contributed by atoms with van der Waals surface area (Å²) < 4.78 is 1.08. The van der Waals surface area contributed by atoms with Gasteiger partial charge < -0.3 is 5.32 Å². The fourth-order valence-electron chi connectivity index (χ4n) is 1.17. The Balaban J connectivity index is 0. The van der Waals surface area contributed by atoms with Crippen molar-refractivity contribution in [3.05, 3.63) is 28.5 Å². The molecule has 1 aromatic heterocycles. The molecule has 0 spiro atoms. The second-order valence-electron chi connectivity index (χ2n) is 3.14. The molecule has 0 saturated carbocycles. The summed E-state index contributed by atoms with van der Waals surface area (Å²) in [6.07, 6.45) is 3.85. The van der Waals surface area contributed by atoms with E-state index in [2.05, 4.69) is 31.2 Å². The van der Waals surface area contributed by atoms with Gasteiger partial charge in [-0.25, -0.2) is 0 Å². The number of aromatic nitrogens is 1. The van der Waals surface area contributed by atoms with Crippen LogP contribution >= 0.6 is 64.3 Å². The predicted molar refractivity (Wildman–Crippen MR) is 97.5 cm³/mol. The summed E-state index contributed by atoms with van der Waals surface area (Å²) in [4.78, 5) is 8.44. The summed E-state index contributed by atoms with van der Waals surface area (Å²) in [6.45, 7) is 0.933. The van der Waals surface area contributed by atoms with Gasteiger partial charge in [0, 0.05) is 35.8 Å². The lowest BCUT2D eigenvalue weighted by atomic mass is 10.4. The van der Waals surface area contributed by atoms with E-state index >= 15 is 0 Å². The highest BCUT2D eigenvalue weighted by atomic mass is 79.9. The van der Waals surface area contributed by atoms with E-state index in [0.717, 1.165) is 33.4 Å². The third kappa shape index (κ3) is 9.02. The normalized spacial score (nSPS) is 10.4. The minimum absolute atomic E-state index is 0. The molecule has 0 aliphatic carbocycles. The van der Waals surface area contributed by atoms with Gasteiger partial charge >= 0.3 is 0 Å². The third-order valence-electron chi connectivity index (χ3n) is 1.99. The number of halogens is 3. The van der Waals surface area contributed by atoms with Crippen LogP contribution in [0.2, 0.25) is 0 Å². The van der Waals surface area contributed by atoms with Crippen LogP contribution in [0, 0.1) is 0 Å². The molecule has 3 nitrogen and oxygen atoms in total. The summed E-state index contributed by atoms with van der Waals surface area (Å²) in [7, 11) is 1.80. The third-order valence-corrected chi connectivity index (χ3v) is 4.40. The van der Waals surface area contributed by atoms with Gasteiger partial charge in [0.2, 0.25) is 0 Å². The van der Waals surface area contributed by atoms with Gasteiger partial charge in [-0.2, -0.15) is 11.8 Å². The highest BCUT2D eigenvalue weighted by Gasteiger charge is 2.00. The summed E-state index contributed by atoms with van der Waals surface area (Å²) in [5.74, 6) is 1.98. The van der Waals surface area contributed by atoms with Gasteiger partial charge in [0.15, 0.2) is 5.17 Å². The Bertz CT molecular complexity index is 381. The van der Waals surface area contributed by atoms with E-state index in [1.165, 1.54) is 0 Å². The van der Waals surface area contributed by atoms with E-state index in [4.69, 9.17) is 0 Å². The molecule has 1 N–H and O–H groups in total. The van der Waals surface area contributed by atoms with Crippen LogP contribution in [0.3, 0.4) is 0 Å². The lowest BCUT2D eigenvalue weighted by molar-refractivity contribution is 0.987. The summed E-state index contributed by atoms with van der Waals surface area (Å²) in [6, 6.07) is 3.96. The Hall–Kier alpha value is 0.380. The first-order valence-electron chi connectivity index (χ1n) is 5.19. The molecule has 0 aliphatic rings. The van der Waals surface area contributed by atoms with Crippen molar-refractivity contribution in [3.63, 3.8) is 0 Å². The molecule has 8 heteroatoms. The zero-order valence-electron chi connectivity index (χ0n) is 10.8. The first kappa shape index (κ1) is 21.7. The largest absolute Gasteiger partial charge is 0.364 e. The molecule has 1 rings (SSSR count). The molecule has 0 amide bonds. The fraction of sp³-hybridized carbons (Fsp3) is 0.455. The molecule has 0 atom stereocenters. The van der Waals surface area contributed by atoms with Crippen molar-refractivity contribution in [1.29, 1.82) is 0 Å². The number of thioether (sulfide) groups is 2. The van der Waals surface area contributed by atoms with Crippen LogP contribution in [-0.4, -0.2) is 35.8 Å². The fourth-order valence-corrected chi connectivity index (χ4v) is 2.99.